The molecule has 2 N–H and O–H groups in total. The molecule has 1 fully saturated rings. The number of aryl methyl sites for hydroxylation is 1. The van der Waals surface area contributed by atoms with Crippen LogP contribution in [-0.4, -0.2) is 16.0 Å². The number of hydrogen-bond donors (Lipinski definition) is 2. The molecule has 0 amide bonds. The minimum absolute atomic E-state index is 0.0863. The van der Waals surface area contributed by atoms with Gasteiger partial charge in [-0.3, -0.25) is 4.79 Å². The van der Waals surface area contributed by atoms with Crippen molar-refractivity contribution in [3.8, 4) is 0 Å². The molecule has 0 radical (unpaired) electrons. The molecule has 1 aliphatic carbocycles. The molecule has 0 aliphatic heterocycles. The zero-order valence-corrected chi connectivity index (χ0v) is 10.8. The van der Waals surface area contributed by atoms with Gasteiger partial charge >= 0.3 is 0 Å². The number of aromatic amines is 1. The van der Waals surface area contributed by atoms with E-state index in [4.69, 9.17) is 0 Å². The Balaban J connectivity index is 2.07. The molecule has 3 atom stereocenters. The Morgan fingerprint density at radius 3 is 2.82 bits per heavy atom. The first-order valence-corrected chi connectivity index (χ1v) is 6.39. The van der Waals surface area contributed by atoms with Crippen LogP contribution < -0.4 is 10.9 Å². The van der Waals surface area contributed by atoms with Gasteiger partial charge < -0.3 is 10.3 Å². The molecule has 1 heterocycles. The van der Waals surface area contributed by atoms with Gasteiger partial charge in [0.1, 0.15) is 11.6 Å². The van der Waals surface area contributed by atoms with Gasteiger partial charge in [-0.25, -0.2) is 4.98 Å². The summed E-state index contributed by atoms with van der Waals surface area (Å²) in [7, 11) is 0. The lowest BCUT2D eigenvalue weighted by molar-refractivity contribution is 0.276. The molecule has 2 rings (SSSR count). The van der Waals surface area contributed by atoms with E-state index in [-0.39, 0.29) is 5.56 Å². The summed E-state index contributed by atoms with van der Waals surface area (Å²) >= 11 is 0. The Morgan fingerprint density at radius 2 is 2.18 bits per heavy atom. The summed E-state index contributed by atoms with van der Waals surface area (Å²) in [4.78, 5) is 18.3. The normalized spacial score (nSPS) is 29.0. The molecule has 1 aromatic heterocycles. The Hall–Kier alpha value is -1.32. The smallest absolute Gasteiger partial charge is 0.252 e. The molecule has 1 saturated carbocycles. The van der Waals surface area contributed by atoms with E-state index < -0.39 is 0 Å². The summed E-state index contributed by atoms with van der Waals surface area (Å²) in [5.41, 5.74) is -0.0863. The molecule has 3 unspecified atom stereocenters. The van der Waals surface area contributed by atoms with Gasteiger partial charge in [0.2, 0.25) is 0 Å². The first-order valence-electron chi connectivity index (χ1n) is 6.39. The third kappa shape index (κ3) is 3.08. The van der Waals surface area contributed by atoms with Crippen LogP contribution in [0.2, 0.25) is 0 Å². The SMILES string of the molecule is Cc1nc(NC2CCC(C)CC2C)cc(=O)[nH]1. The number of H-pyrrole nitrogens is 1. The highest BCUT2D eigenvalue weighted by molar-refractivity contribution is 5.34. The van der Waals surface area contributed by atoms with Gasteiger partial charge in [0.25, 0.3) is 5.56 Å². The monoisotopic (exact) mass is 235 g/mol. The molecule has 0 aromatic carbocycles. The standard InChI is InChI=1S/C13H21N3O/c1-8-4-5-11(9(2)6-8)16-12-7-13(17)15-10(3)14-12/h7-9,11H,4-6H2,1-3H3,(H2,14,15,16,17). The zero-order chi connectivity index (χ0) is 12.4. The third-order valence-electron chi connectivity index (χ3n) is 3.62. The predicted molar refractivity (Wildman–Crippen MR) is 69.2 cm³/mol. The van der Waals surface area contributed by atoms with E-state index in [1.807, 2.05) is 0 Å². The van der Waals surface area contributed by atoms with Crippen LogP contribution in [0.5, 0.6) is 0 Å². The van der Waals surface area contributed by atoms with Crippen LogP contribution in [0, 0.1) is 18.8 Å². The molecule has 17 heavy (non-hydrogen) atoms. The first kappa shape index (κ1) is 12.1. The Morgan fingerprint density at radius 1 is 1.41 bits per heavy atom. The van der Waals surface area contributed by atoms with Crippen molar-refractivity contribution in [1.29, 1.82) is 0 Å². The van der Waals surface area contributed by atoms with Crippen molar-refractivity contribution in [2.24, 2.45) is 11.8 Å². The molecule has 4 nitrogen and oxygen atoms in total. The summed E-state index contributed by atoms with van der Waals surface area (Å²) < 4.78 is 0. The molecule has 0 saturated heterocycles. The number of rotatable bonds is 2. The van der Waals surface area contributed by atoms with Crippen LogP contribution in [0.15, 0.2) is 10.9 Å². The number of hydrogen-bond acceptors (Lipinski definition) is 3. The van der Waals surface area contributed by atoms with Crippen LogP contribution in [0.1, 0.15) is 38.9 Å². The van der Waals surface area contributed by atoms with Crippen molar-refractivity contribution in [3.63, 3.8) is 0 Å². The minimum Gasteiger partial charge on any atom is -0.367 e. The average Bonchev–Trinajstić information content (AvgIpc) is 2.21. The van der Waals surface area contributed by atoms with Crippen molar-refractivity contribution in [1.82, 2.24) is 9.97 Å². The Bertz CT molecular complexity index is 441. The molecule has 4 heteroatoms. The second-order valence-electron chi connectivity index (χ2n) is 5.36. The van der Waals surface area contributed by atoms with E-state index >= 15 is 0 Å². The fourth-order valence-corrected chi connectivity index (χ4v) is 2.72. The molecular weight excluding hydrogens is 214 g/mol. The van der Waals surface area contributed by atoms with Crippen LogP contribution in [0.4, 0.5) is 5.82 Å². The van der Waals surface area contributed by atoms with Crippen LogP contribution in [0.25, 0.3) is 0 Å². The molecule has 1 aromatic rings. The van der Waals surface area contributed by atoms with Gasteiger partial charge in [0.05, 0.1) is 0 Å². The summed E-state index contributed by atoms with van der Waals surface area (Å²) in [5, 5.41) is 3.40. The molecule has 0 bridgehead atoms. The second kappa shape index (κ2) is 4.90. The highest BCUT2D eigenvalue weighted by Crippen LogP contribution is 2.30. The molecule has 0 spiro atoms. The predicted octanol–water partition coefficient (Wildman–Crippen LogP) is 2.31. The second-order valence-corrected chi connectivity index (χ2v) is 5.36. The number of anilines is 1. The topological polar surface area (TPSA) is 57.8 Å². The maximum absolute atomic E-state index is 11.4. The van der Waals surface area contributed by atoms with E-state index in [2.05, 4.69) is 29.1 Å². The highest BCUT2D eigenvalue weighted by Gasteiger charge is 2.25. The van der Waals surface area contributed by atoms with E-state index in [9.17, 15) is 4.79 Å². The Kier molecular flexibility index (Phi) is 3.50. The van der Waals surface area contributed by atoms with Gasteiger partial charge in [-0.05, 0) is 38.0 Å². The summed E-state index contributed by atoms with van der Waals surface area (Å²) in [5.74, 6) is 2.83. The molecule has 1 aliphatic rings. The number of nitrogens with one attached hydrogen (secondary N) is 2. The highest BCUT2D eigenvalue weighted by atomic mass is 16.1. The maximum atomic E-state index is 11.4. The lowest BCUT2D eigenvalue weighted by Gasteiger charge is -2.33. The molecular formula is C13H21N3O. The Labute approximate surface area is 102 Å². The lowest BCUT2D eigenvalue weighted by atomic mass is 9.80. The number of aromatic nitrogens is 2. The van der Waals surface area contributed by atoms with E-state index in [0.717, 1.165) is 12.3 Å². The lowest BCUT2D eigenvalue weighted by Crippen LogP contribution is -2.33. The van der Waals surface area contributed by atoms with Gasteiger partial charge in [-0.15, -0.1) is 0 Å². The van der Waals surface area contributed by atoms with Gasteiger partial charge in [0.15, 0.2) is 0 Å². The van der Waals surface area contributed by atoms with E-state index in [1.165, 1.54) is 18.9 Å². The maximum Gasteiger partial charge on any atom is 0.252 e. The molecule has 94 valence electrons. The quantitative estimate of drug-likeness (QED) is 0.827. The van der Waals surface area contributed by atoms with Crippen LogP contribution in [-0.2, 0) is 0 Å². The average molecular weight is 235 g/mol. The van der Waals surface area contributed by atoms with Crippen molar-refractivity contribution in [2.45, 2.75) is 46.1 Å². The van der Waals surface area contributed by atoms with E-state index in [0.29, 0.717) is 23.6 Å². The van der Waals surface area contributed by atoms with E-state index in [1.54, 1.807) is 6.92 Å². The van der Waals surface area contributed by atoms with Crippen LogP contribution >= 0.6 is 0 Å². The number of nitrogens with zero attached hydrogens (tertiary/aromatic N) is 1. The fourth-order valence-electron chi connectivity index (χ4n) is 2.72. The third-order valence-corrected chi connectivity index (χ3v) is 3.62. The van der Waals surface area contributed by atoms with Crippen molar-refractivity contribution < 1.29 is 0 Å². The summed E-state index contributed by atoms with van der Waals surface area (Å²) in [6.45, 7) is 6.38. The van der Waals surface area contributed by atoms with Crippen molar-refractivity contribution >= 4 is 5.82 Å². The van der Waals surface area contributed by atoms with Crippen molar-refractivity contribution in [3.05, 3.63) is 22.2 Å². The van der Waals surface area contributed by atoms with Crippen molar-refractivity contribution in [2.75, 3.05) is 5.32 Å². The minimum atomic E-state index is -0.0863. The largest absolute Gasteiger partial charge is 0.367 e. The zero-order valence-electron chi connectivity index (χ0n) is 10.8. The summed E-state index contributed by atoms with van der Waals surface area (Å²) in [6, 6.07) is 1.98. The summed E-state index contributed by atoms with van der Waals surface area (Å²) in [6.07, 6.45) is 3.67. The van der Waals surface area contributed by atoms with Gasteiger partial charge in [-0.2, -0.15) is 0 Å². The van der Waals surface area contributed by atoms with Gasteiger partial charge in [-0.1, -0.05) is 13.8 Å². The van der Waals surface area contributed by atoms with Crippen LogP contribution in [0.3, 0.4) is 0 Å². The fraction of sp³-hybridized carbons (Fsp3) is 0.692. The first-order chi connectivity index (χ1) is 8.04. The van der Waals surface area contributed by atoms with Gasteiger partial charge in [0, 0.05) is 12.1 Å².